The molecular formula is C16H8F10O3. The van der Waals surface area contributed by atoms with Crippen LogP contribution in [0.4, 0.5) is 43.9 Å². The molecule has 0 fully saturated rings. The average molecular weight is 438 g/mol. The van der Waals surface area contributed by atoms with Gasteiger partial charge >= 0.3 is 0 Å². The summed E-state index contributed by atoms with van der Waals surface area (Å²) in [5.41, 5.74) is -3.99. The molecule has 0 atom stereocenters. The molecule has 3 nitrogen and oxygen atoms in total. The van der Waals surface area contributed by atoms with E-state index >= 15 is 0 Å². The van der Waals surface area contributed by atoms with E-state index in [-0.39, 0.29) is 0 Å². The first kappa shape index (κ1) is 22.9. The SMILES string of the molecule is COCOCOC(c1c(F)c(F)c(F)c(F)c1F)c1c(F)c(F)c(F)c(F)c1F. The van der Waals surface area contributed by atoms with Gasteiger partial charge in [-0.2, -0.15) is 0 Å². The summed E-state index contributed by atoms with van der Waals surface area (Å²) in [7, 11) is 1.10. The minimum absolute atomic E-state index is 0.569. The molecule has 13 heteroatoms. The predicted molar refractivity (Wildman–Crippen MR) is 73.2 cm³/mol. The van der Waals surface area contributed by atoms with E-state index < -0.39 is 89.0 Å². The van der Waals surface area contributed by atoms with E-state index in [9.17, 15) is 43.9 Å². The smallest absolute Gasteiger partial charge is 0.200 e. The molecule has 0 unspecified atom stereocenters. The van der Waals surface area contributed by atoms with Gasteiger partial charge in [0.05, 0.1) is 11.1 Å². The second kappa shape index (κ2) is 8.97. The Balaban J connectivity index is 2.78. The highest BCUT2D eigenvalue weighted by molar-refractivity contribution is 5.36. The first-order chi connectivity index (χ1) is 13.6. The normalized spacial score (nSPS) is 11.6. The lowest BCUT2D eigenvalue weighted by Gasteiger charge is -2.22. The summed E-state index contributed by atoms with van der Waals surface area (Å²) in [5.74, 6) is -25.8. The van der Waals surface area contributed by atoms with Crippen molar-refractivity contribution in [1.82, 2.24) is 0 Å². The quantitative estimate of drug-likeness (QED) is 0.205. The molecule has 0 N–H and O–H groups in total. The largest absolute Gasteiger partial charge is 0.359 e. The Bertz CT molecular complexity index is 807. The van der Waals surface area contributed by atoms with Gasteiger partial charge in [-0.3, -0.25) is 0 Å². The number of hydrogen-bond donors (Lipinski definition) is 0. The standard InChI is InChI=1S/C16H8F10O3/c1-27-2-28-3-29-16(4-6(17)10(21)14(25)11(22)7(4)18)5-8(19)12(23)15(26)13(24)9(5)20/h16H,2-3H2,1H3. The van der Waals surface area contributed by atoms with Gasteiger partial charge in [0.15, 0.2) is 53.3 Å². The highest BCUT2D eigenvalue weighted by Gasteiger charge is 2.38. The van der Waals surface area contributed by atoms with Crippen LogP contribution in [0.15, 0.2) is 0 Å². The second-order valence-electron chi connectivity index (χ2n) is 5.24. The molecule has 160 valence electrons. The first-order valence-electron chi connectivity index (χ1n) is 7.27. The maximum absolute atomic E-state index is 14.1. The van der Waals surface area contributed by atoms with E-state index in [1.807, 2.05) is 0 Å². The Morgan fingerprint density at radius 1 is 0.517 bits per heavy atom. The molecule has 0 aliphatic carbocycles. The molecule has 29 heavy (non-hydrogen) atoms. The lowest BCUT2D eigenvalue weighted by molar-refractivity contribution is -0.136. The van der Waals surface area contributed by atoms with Crippen LogP contribution < -0.4 is 0 Å². The predicted octanol–water partition coefficient (Wildman–Crippen LogP) is 4.76. The molecule has 2 aromatic carbocycles. The summed E-state index contributed by atoms with van der Waals surface area (Å²) in [5, 5.41) is 0. The van der Waals surface area contributed by atoms with Crippen molar-refractivity contribution in [3.63, 3.8) is 0 Å². The lowest BCUT2D eigenvalue weighted by Crippen LogP contribution is -2.21. The van der Waals surface area contributed by atoms with Crippen LogP contribution in [0.1, 0.15) is 17.2 Å². The van der Waals surface area contributed by atoms with Crippen molar-refractivity contribution in [2.75, 3.05) is 20.7 Å². The van der Waals surface area contributed by atoms with E-state index in [0.717, 1.165) is 7.11 Å². The number of hydrogen-bond acceptors (Lipinski definition) is 3. The van der Waals surface area contributed by atoms with Crippen LogP contribution >= 0.6 is 0 Å². The van der Waals surface area contributed by atoms with E-state index in [4.69, 9.17) is 0 Å². The second-order valence-corrected chi connectivity index (χ2v) is 5.24. The maximum Gasteiger partial charge on any atom is 0.200 e. The Morgan fingerprint density at radius 3 is 1.14 bits per heavy atom. The van der Waals surface area contributed by atoms with Gasteiger partial charge in [0.25, 0.3) is 0 Å². The Labute approximate surface area is 155 Å². The zero-order valence-electron chi connectivity index (χ0n) is 14.0. The number of methoxy groups -OCH3 is 1. The molecule has 0 aliphatic heterocycles. The van der Waals surface area contributed by atoms with Crippen LogP contribution in [0.5, 0.6) is 0 Å². The van der Waals surface area contributed by atoms with Crippen LogP contribution in [-0.2, 0) is 14.2 Å². The van der Waals surface area contributed by atoms with E-state index in [1.165, 1.54) is 0 Å². The average Bonchev–Trinajstić information content (AvgIpc) is 2.70. The van der Waals surface area contributed by atoms with Gasteiger partial charge in [-0.05, 0) is 0 Å². The van der Waals surface area contributed by atoms with Crippen molar-refractivity contribution in [2.24, 2.45) is 0 Å². The molecule has 0 saturated heterocycles. The molecule has 0 spiro atoms. The molecule has 2 rings (SSSR count). The Hall–Kier alpha value is -2.38. The minimum atomic E-state index is -2.97. The van der Waals surface area contributed by atoms with Crippen molar-refractivity contribution < 1.29 is 58.1 Å². The van der Waals surface area contributed by atoms with Gasteiger partial charge in [-0.25, -0.2) is 43.9 Å². The van der Waals surface area contributed by atoms with E-state index in [0.29, 0.717) is 0 Å². The van der Waals surface area contributed by atoms with Crippen LogP contribution in [0.25, 0.3) is 0 Å². The van der Waals surface area contributed by atoms with Crippen LogP contribution in [0.2, 0.25) is 0 Å². The van der Waals surface area contributed by atoms with Crippen LogP contribution in [0, 0.1) is 58.2 Å². The zero-order valence-corrected chi connectivity index (χ0v) is 14.0. The third kappa shape index (κ3) is 4.02. The molecular weight excluding hydrogens is 430 g/mol. The van der Waals surface area contributed by atoms with Crippen LogP contribution in [0.3, 0.4) is 0 Å². The zero-order chi connectivity index (χ0) is 22.0. The number of rotatable bonds is 7. The fourth-order valence-corrected chi connectivity index (χ4v) is 2.25. The van der Waals surface area contributed by atoms with E-state index in [1.54, 1.807) is 0 Å². The monoisotopic (exact) mass is 438 g/mol. The molecule has 0 radical (unpaired) electrons. The number of ether oxygens (including phenoxy) is 3. The molecule has 0 amide bonds. The van der Waals surface area contributed by atoms with Gasteiger partial charge in [-0.15, -0.1) is 0 Å². The van der Waals surface area contributed by atoms with Crippen molar-refractivity contribution >= 4 is 0 Å². The van der Waals surface area contributed by atoms with Gasteiger partial charge in [0.1, 0.15) is 12.9 Å². The summed E-state index contributed by atoms with van der Waals surface area (Å²) in [4.78, 5) is 0. The maximum atomic E-state index is 14.1. The molecule has 0 aromatic heterocycles. The first-order valence-corrected chi connectivity index (χ1v) is 7.27. The summed E-state index contributed by atoms with van der Waals surface area (Å²) < 4.78 is 150. The topological polar surface area (TPSA) is 27.7 Å². The third-order valence-corrected chi connectivity index (χ3v) is 3.53. The molecule has 0 bridgehead atoms. The minimum Gasteiger partial charge on any atom is -0.359 e. The molecule has 2 aromatic rings. The summed E-state index contributed by atoms with van der Waals surface area (Å²) >= 11 is 0. The fourth-order valence-electron chi connectivity index (χ4n) is 2.25. The third-order valence-electron chi connectivity index (χ3n) is 3.53. The Morgan fingerprint density at radius 2 is 0.828 bits per heavy atom. The molecule has 0 saturated carbocycles. The van der Waals surface area contributed by atoms with Gasteiger partial charge < -0.3 is 14.2 Å². The highest BCUT2D eigenvalue weighted by Crippen LogP contribution is 2.38. The highest BCUT2D eigenvalue weighted by atomic mass is 19.2. The van der Waals surface area contributed by atoms with Crippen molar-refractivity contribution in [3.8, 4) is 0 Å². The summed E-state index contributed by atoms with van der Waals surface area (Å²) in [6.45, 7) is -1.72. The van der Waals surface area contributed by atoms with Crippen molar-refractivity contribution in [3.05, 3.63) is 69.3 Å². The van der Waals surface area contributed by atoms with Crippen molar-refractivity contribution in [2.45, 2.75) is 6.10 Å². The van der Waals surface area contributed by atoms with Crippen LogP contribution in [-0.4, -0.2) is 20.7 Å². The van der Waals surface area contributed by atoms with E-state index in [2.05, 4.69) is 14.2 Å². The van der Waals surface area contributed by atoms with Crippen molar-refractivity contribution in [1.29, 1.82) is 0 Å². The Kier molecular flexibility index (Phi) is 7.08. The van der Waals surface area contributed by atoms with Gasteiger partial charge in [0.2, 0.25) is 11.6 Å². The molecule has 0 aliphatic rings. The summed E-state index contributed by atoms with van der Waals surface area (Å²) in [6.07, 6.45) is -2.97. The summed E-state index contributed by atoms with van der Waals surface area (Å²) in [6, 6.07) is 0. The fraction of sp³-hybridized carbons (Fsp3) is 0.250. The number of benzene rings is 2. The van der Waals surface area contributed by atoms with Gasteiger partial charge in [-0.1, -0.05) is 0 Å². The number of halogens is 10. The lowest BCUT2D eigenvalue weighted by atomic mass is 9.97. The van der Waals surface area contributed by atoms with Gasteiger partial charge in [0, 0.05) is 7.11 Å². The molecule has 0 heterocycles.